The summed E-state index contributed by atoms with van der Waals surface area (Å²) in [6.45, 7) is 6.08. The zero-order chi connectivity index (χ0) is 10.7. The molecule has 0 amide bonds. The molecule has 15 heavy (non-hydrogen) atoms. The predicted molar refractivity (Wildman–Crippen MR) is 67.8 cm³/mol. The topological polar surface area (TPSA) is 3.24 Å². The molecule has 1 nitrogen and oxygen atoms in total. The van der Waals surface area contributed by atoms with Crippen LogP contribution in [0, 0.1) is 5.92 Å². The van der Waals surface area contributed by atoms with Crippen LogP contribution in [0.5, 0.6) is 0 Å². The van der Waals surface area contributed by atoms with Crippen molar-refractivity contribution in [1.82, 2.24) is 4.90 Å². The van der Waals surface area contributed by atoms with Crippen molar-refractivity contribution in [3.8, 4) is 0 Å². The number of likely N-dealkylation sites (tertiary alicyclic amines) is 1. The van der Waals surface area contributed by atoms with Crippen LogP contribution < -0.4 is 0 Å². The Hall–Kier alpha value is -0.262. The summed E-state index contributed by atoms with van der Waals surface area (Å²) in [7, 11) is 0. The van der Waals surface area contributed by atoms with E-state index in [1.165, 1.54) is 25.1 Å². The normalized spacial score (nSPS) is 27.9. The van der Waals surface area contributed by atoms with Gasteiger partial charge in [-0.1, -0.05) is 0 Å². The Morgan fingerprint density at radius 3 is 2.73 bits per heavy atom. The molecule has 0 aliphatic carbocycles. The van der Waals surface area contributed by atoms with E-state index in [0.29, 0.717) is 0 Å². The Bertz CT molecular complexity index is 299. The number of benzene rings is 1. The first kappa shape index (κ1) is 11.2. The molecule has 3 unspecified atom stereocenters. The zero-order valence-corrected chi connectivity index (χ0v) is 11.8. The molecule has 1 aromatic carbocycles. The third-order valence-corrected chi connectivity index (χ3v) is 5.38. The minimum atomic E-state index is 0.877. The van der Waals surface area contributed by atoms with Crippen molar-refractivity contribution in [1.29, 1.82) is 0 Å². The first-order valence-corrected chi connectivity index (χ1v) is 7.17. The Labute approximate surface area is 101 Å². The van der Waals surface area contributed by atoms with Gasteiger partial charge in [0.05, 0.1) is 0 Å². The fourth-order valence-corrected chi connectivity index (χ4v) is 2.80. The molecule has 0 aromatic heterocycles. The van der Waals surface area contributed by atoms with Crippen LogP contribution in [0.15, 0.2) is 30.3 Å². The summed E-state index contributed by atoms with van der Waals surface area (Å²) in [5.41, 5.74) is 1.45. The molecule has 1 aromatic rings. The third-order valence-electron chi connectivity index (χ3n) is 3.30. The van der Waals surface area contributed by atoms with Gasteiger partial charge in [0.15, 0.2) is 0 Å². The molecule has 1 aliphatic rings. The molecule has 1 heterocycles. The summed E-state index contributed by atoms with van der Waals surface area (Å²) in [6, 6.07) is 10.8. The molecular formula is C13H20AsN. The van der Waals surface area contributed by atoms with Gasteiger partial charge in [-0.2, -0.15) is 0 Å². The second kappa shape index (κ2) is 5.18. The van der Waals surface area contributed by atoms with Gasteiger partial charge in [-0.25, -0.2) is 0 Å². The van der Waals surface area contributed by atoms with Crippen LogP contribution in [0.3, 0.4) is 0 Å². The van der Waals surface area contributed by atoms with E-state index in [1.54, 1.807) is 0 Å². The van der Waals surface area contributed by atoms with Crippen LogP contribution in [-0.2, 0) is 6.54 Å². The van der Waals surface area contributed by atoms with Gasteiger partial charge in [0.25, 0.3) is 0 Å². The van der Waals surface area contributed by atoms with E-state index in [1.807, 2.05) is 16.9 Å². The van der Waals surface area contributed by atoms with Gasteiger partial charge < -0.3 is 0 Å². The minimum absolute atomic E-state index is 0.877. The summed E-state index contributed by atoms with van der Waals surface area (Å²) in [5, 5.41) is 0. The van der Waals surface area contributed by atoms with Crippen molar-refractivity contribution in [3.63, 3.8) is 0 Å². The standard InChI is InChI=1S/C13H20AsN/c1-11-9-15(8-7-13(11)14)10-12-5-3-2-4-6-12/h2-6,11,13H,7-10,14H2,1H3. The van der Waals surface area contributed by atoms with E-state index in [2.05, 4.69) is 42.2 Å². The molecule has 0 saturated carbocycles. The zero-order valence-electron chi connectivity index (χ0n) is 9.39. The molecule has 0 N–H and O–H groups in total. The second-order valence-corrected chi connectivity index (χ2v) is 6.45. The molecule has 2 rings (SSSR count). The average molecular weight is 265 g/mol. The Morgan fingerprint density at radius 1 is 1.33 bits per heavy atom. The van der Waals surface area contributed by atoms with Crippen molar-refractivity contribution in [2.75, 3.05) is 13.1 Å². The van der Waals surface area contributed by atoms with Crippen molar-refractivity contribution in [3.05, 3.63) is 35.9 Å². The molecule has 3 atom stereocenters. The molecule has 1 aliphatic heterocycles. The molecule has 1 saturated heterocycles. The van der Waals surface area contributed by atoms with Gasteiger partial charge in [0, 0.05) is 0 Å². The van der Waals surface area contributed by atoms with Crippen LogP contribution in [-0.4, -0.2) is 34.8 Å². The van der Waals surface area contributed by atoms with Crippen LogP contribution in [0.2, 0.25) is 4.71 Å². The van der Waals surface area contributed by atoms with E-state index in [9.17, 15) is 0 Å². The molecular weight excluding hydrogens is 245 g/mol. The summed E-state index contributed by atoms with van der Waals surface area (Å²) in [4.78, 5) is 2.59. The van der Waals surface area contributed by atoms with E-state index < -0.39 is 0 Å². The molecule has 1 fully saturated rings. The van der Waals surface area contributed by atoms with Crippen LogP contribution >= 0.6 is 0 Å². The fourth-order valence-electron chi connectivity index (χ4n) is 2.24. The Morgan fingerprint density at radius 2 is 2.07 bits per heavy atom. The van der Waals surface area contributed by atoms with E-state index in [-0.39, 0.29) is 0 Å². The van der Waals surface area contributed by atoms with E-state index in [4.69, 9.17) is 0 Å². The number of hydrogen-bond acceptors (Lipinski definition) is 1. The number of nitrogens with zero attached hydrogens (tertiary/aromatic N) is 1. The van der Waals surface area contributed by atoms with Crippen LogP contribution in [0.4, 0.5) is 0 Å². The van der Waals surface area contributed by atoms with Crippen molar-refractivity contribution < 1.29 is 0 Å². The number of piperidine rings is 1. The number of rotatable bonds is 2. The van der Waals surface area contributed by atoms with Crippen molar-refractivity contribution in [2.24, 2.45) is 5.92 Å². The first-order valence-electron chi connectivity index (χ1n) is 5.77. The molecule has 0 bridgehead atoms. The quantitative estimate of drug-likeness (QED) is 0.739. The fraction of sp³-hybridized carbons (Fsp3) is 0.538. The second-order valence-electron chi connectivity index (χ2n) is 4.65. The van der Waals surface area contributed by atoms with Crippen LogP contribution in [0.1, 0.15) is 18.9 Å². The van der Waals surface area contributed by atoms with Gasteiger partial charge in [-0.3, -0.25) is 0 Å². The number of hydrogen-bond donors (Lipinski definition) is 0. The Balaban J connectivity index is 1.91. The van der Waals surface area contributed by atoms with Crippen molar-refractivity contribution in [2.45, 2.75) is 24.6 Å². The molecule has 2 heteroatoms. The van der Waals surface area contributed by atoms with Gasteiger partial charge >= 0.3 is 101 Å². The SMILES string of the molecule is CC1CN(Cc2ccccc2)CCC1[AsH2]. The van der Waals surface area contributed by atoms with Crippen LogP contribution in [0.25, 0.3) is 0 Å². The monoisotopic (exact) mass is 265 g/mol. The summed E-state index contributed by atoms with van der Waals surface area (Å²) in [5.74, 6) is 0.877. The van der Waals surface area contributed by atoms with Gasteiger partial charge in [-0.05, 0) is 0 Å². The molecule has 0 radical (unpaired) electrons. The maximum atomic E-state index is 2.59. The van der Waals surface area contributed by atoms with Gasteiger partial charge in [-0.15, -0.1) is 0 Å². The Kier molecular flexibility index (Phi) is 3.88. The summed E-state index contributed by atoms with van der Waals surface area (Å²) >= 11 is 1.93. The van der Waals surface area contributed by atoms with Gasteiger partial charge in [0.1, 0.15) is 0 Å². The molecule has 82 valence electrons. The summed E-state index contributed by atoms with van der Waals surface area (Å²) < 4.78 is 0.963. The van der Waals surface area contributed by atoms with Crippen molar-refractivity contribution >= 4 is 16.9 Å². The maximum absolute atomic E-state index is 2.59. The first-order chi connectivity index (χ1) is 7.25. The van der Waals surface area contributed by atoms with E-state index >= 15 is 0 Å². The third kappa shape index (κ3) is 3.09. The average Bonchev–Trinajstić information content (AvgIpc) is 2.25. The van der Waals surface area contributed by atoms with E-state index in [0.717, 1.165) is 17.2 Å². The van der Waals surface area contributed by atoms with Gasteiger partial charge in [0.2, 0.25) is 0 Å². The molecule has 0 spiro atoms. The summed E-state index contributed by atoms with van der Waals surface area (Å²) in [6.07, 6.45) is 1.38. The predicted octanol–water partition coefficient (Wildman–Crippen LogP) is 1.95.